The maximum Gasteiger partial charge on any atom is 0.358 e. The highest BCUT2D eigenvalue weighted by Crippen LogP contribution is 2.51. The second kappa shape index (κ2) is 5.70. The van der Waals surface area contributed by atoms with Crippen LogP contribution >= 0.6 is 7.60 Å². The minimum Gasteiger partial charge on any atom is -0.380 e. The Bertz CT molecular complexity index is 151. The molecule has 0 aliphatic rings. The van der Waals surface area contributed by atoms with E-state index in [-0.39, 0.29) is 0 Å². The monoisotopic (exact) mass is 196 g/mol. The molecule has 0 aliphatic carbocycles. The zero-order chi connectivity index (χ0) is 9.61. The Hall–Kier alpha value is 0.110. The van der Waals surface area contributed by atoms with Crippen molar-refractivity contribution in [2.75, 3.05) is 14.2 Å². The van der Waals surface area contributed by atoms with Gasteiger partial charge in [-0.25, -0.2) is 0 Å². The molecule has 0 saturated heterocycles. The lowest BCUT2D eigenvalue weighted by molar-refractivity contribution is 0.166. The van der Waals surface area contributed by atoms with E-state index in [1.165, 1.54) is 14.2 Å². The fraction of sp³-hybridized carbons (Fsp3) is 1.00. The van der Waals surface area contributed by atoms with Crippen molar-refractivity contribution in [2.45, 2.75) is 32.0 Å². The Labute approximate surface area is 73.4 Å². The van der Waals surface area contributed by atoms with Crippen molar-refractivity contribution >= 4 is 7.60 Å². The molecule has 0 radical (unpaired) electrons. The van der Waals surface area contributed by atoms with Crippen LogP contribution in [0.1, 0.15) is 26.2 Å². The fourth-order valence-corrected chi connectivity index (χ4v) is 2.00. The molecule has 1 atom stereocenters. The number of hydrogen-bond acceptors (Lipinski definition) is 4. The van der Waals surface area contributed by atoms with Crippen molar-refractivity contribution in [1.29, 1.82) is 0 Å². The number of aliphatic hydroxyl groups excluding tert-OH is 1. The molecule has 0 aliphatic heterocycles. The smallest absolute Gasteiger partial charge is 0.358 e. The van der Waals surface area contributed by atoms with E-state index in [2.05, 4.69) is 9.05 Å². The summed E-state index contributed by atoms with van der Waals surface area (Å²) in [5.74, 6) is -0.993. The molecule has 0 spiro atoms. The molecule has 12 heavy (non-hydrogen) atoms. The molecule has 1 N–H and O–H groups in total. The van der Waals surface area contributed by atoms with E-state index in [0.29, 0.717) is 6.42 Å². The van der Waals surface area contributed by atoms with Crippen molar-refractivity contribution in [3.63, 3.8) is 0 Å². The SMILES string of the molecule is CCCC[C@H](O)P(=O)(OC)OC. The molecule has 0 saturated carbocycles. The lowest BCUT2D eigenvalue weighted by Crippen LogP contribution is -2.09. The average molecular weight is 196 g/mol. The van der Waals surface area contributed by atoms with Crippen molar-refractivity contribution in [3.05, 3.63) is 0 Å². The zero-order valence-electron chi connectivity index (χ0n) is 7.82. The Morgan fingerprint density at radius 2 is 1.92 bits per heavy atom. The van der Waals surface area contributed by atoms with Crippen LogP contribution in [0.2, 0.25) is 0 Å². The van der Waals surface area contributed by atoms with Crippen LogP contribution in [-0.4, -0.2) is 25.2 Å². The van der Waals surface area contributed by atoms with Crippen LogP contribution < -0.4 is 0 Å². The van der Waals surface area contributed by atoms with Gasteiger partial charge in [0.25, 0.3) is 0 Å². The van der Waals surface area contributed by atoms with Gasteiger partial charge in [-0.15, -0.1) is 0 Å². The summed E-state index contributed by atoms with van der Waals surface area (Å²) in [5, 5.41) is 9.39. The van der Waals surface area contributed by atoms with Crippen molar-refractivity contribution in [1.82, 2.24) is 0 Å². The second-order valence-corrected chi connectivity index (χ2v) is 4.93. The second-order valence-electron chi connectivity index (χ2n) is 2.53. The summed E-state index contributed by atoms with van der Waals surface area (Å²) in [5.41, 5.74) is 0. The van der Waals surface area contributed by atoms with E-state index < -0.39 is 13.4 Å². The predicted octanol–water partition coefficient (Wildman–Crippen LogP) is 1.98. The normalized spacial score (nSPS) is 14.7. The topological polar surface area (TPSA) is 55.8 Å². The Morgan fingerprint density at radius 1 is 1.42 bits per heavy atom. The summed E-state index contributed by atoms with van der Waals surface area (Å²) in [6.45, 7) is 2.00. The standard InChI is InChI=1S/C7H17O4P/c1-4-5-6-7(8)12(9,10-2)11-3/h7-8H,4-6H2,1-3H3/t7-/m1/s1. The minimum absolute atomic E-state index is 0.454. The molecule has 0 aromatic carbocycles. The third-order valence-corrected chi connectivity index (χ3v) is 3.70. The van der Waals surface area contributed by atoms with Crippen molar-refractivity contribution in [2.24, 2.45) is 0 Å². The lowest BCUT2D eigenvalue weighted by Gasteiger charge is -2.19. The van der Waals surface area contributed by atoms with Gasteiger partial charge in [-0.3, -0.25) is 4.57 Å². The van der Waals surface area contributed by atoms with Crippen LogP contribution in [0.4, 0.5) is 0 Å². The summed E-state index contributed by atoms with van der Waals surface area (Å²) >= 11 is 0. The van der Waals surface area contributed by atoms with Crippen LogP contribution in [0.15, 0.2) is 0 Å². The predicted molar refractivity (Wildman–Crippen MR) is 47.2 cm³/mol. The van der Waals surface area contributed by atoms with Gasteiger partial charge in [-0.05, 0) is 6.42 Å². The molecule has 4 nitrogen and oxygen atoms in total. The lowest BCUT2D eigenvalue weighted by atomic mass is 10.3. The Kier molecular flexibility index (Phi) is 5.76. The molecule has 5 heteroatoms. The summed E-state index contributed by atoms with van der Waals surface area (Å²) in [4.78, 5) is 0. The van der Waals surface area contributed by atoms with Crippen LogP contribution in [0.25, 0.3) is 0 Å². The highest BCUT2D eigenvalue weighted by molar-refractivity contribution is 7.54. The molecule has 0 unspecified atom stereocenters. The Balaban J connectivity index is 4.03. The molecule has 74 valence electrons. The summed E-state index contributed by atoms with van der Waals surface area (Å²) < 4.78 is 20.7. The van der Waals surface area contributed by atoms with Gasteiger partial charge in [-0.2, -0.15) is 0 Å². The van der Waals surface area contributed by atoms with E-state index in [9.17, 15) is 9.67 Å². The maximum absolute atomic E-state index is 11.5. The summed E-state index contributed by atoms with van der Waals surface area (Å²) in [6, 6.07) is 0. The Morgan fingerprint density at radius 3 is 2.25 bits per heavy atom. The van der Waals surface area contributed by atoms with E-state index in [0.717, 1.165) is 12.8 Å². The first-order chi connectivity index (χ1) is 5.60. The van der Waals surface area contributed by atoms with Crippen LogP contribution in [0, 0.1) is 0 Å². The largest absolute Gasteiger partial charge is 0.380 e. The molecule has 0 amide bonds. The summed E-state index contributed by atoms with van der Waals surface area (Å²) in [6.07, 6.45) is 2.22. The van der Waals surface area contributed by atoms with Gasteiger partial charge < -0.3 is 14.2 Å². The van der Waals surface area contributed by atoms with Gasteiger partial charge in [-0.1, -0.05) is 19.8 Å². The molecule has 0 fully saturated rings. The molecular weight excluding hydrogens is 179 g/mol. The highest BCUT2D eigenvalue weighted by atomic mass is 31.2. The van der Waals surface area contributed by atoms with Gasteiger partial charge >= 0.3 is 7.60 Å². The first-order valence-corrected chi connectivity index (χ1v) is 5.61. The van der Waals surface area contributed by atoms with Gasteiger partial charge in [0.15, 0.2) is 5.85 Å². The van der Waals surface area contributed by atoms with Crippen molar-refractivity contribution in [3.8, 4) is 0 Å². The van der Waals surface area contributed by atoms with Crippen LogP contribution in [0.3, 0.4) is 0 Å². The number of rotatable bonds is 6. The van der Waals surface area contributed by atoms with E-state index in [1.807, 2.05) is 6.92 Å². The minimum atomic E-state index is -3.25. The van der Waals surface area contributed by atoms with E-state index >= 15 is 0 Å². The van der Waals surface area contributed by atoms with Gasteiger partial charge in [0.05, 0.1) is 0 Å². The van der Waals surface area contributed by atoms with Crippen LogP contribution in [0.5, 0.6) is 0 Å². The summed E-state index contributed by atoms with van der Waals surface area (Å²) in [7, 11) is -0.692. The quantitative estimate of drug-likeness (QED) is 0.660. The molecule has 0 rings (SSSR count). The van der Waals surface area contributed by atoms with Crippen LogP contribution in [-0.2, 0) is 13.6 Å². The van der Waals surface area contributed by atoms with Gasteiger partial charge in [0.2, 0.25) is 0 Å². The number of aliphatic hydroxyl groups is 1. The van der Waals surface area contributed by atoms with Gasteiger partial charge in [0, 0.05) is 14.2 Å². The number of hydrogen-bond donors (Lipinski definition) is 1. The number of unbranched alkanes of at least 4 members (excludes halogenated alkanes) is 1. The molecular formula is C7H17O4P. The van der Waals surface area contributed by atoms with Gasteiger partial charge in [0.1, 0.15) is 0 Å². The van der Waals surface area contributed by atoms with E-state index in [1.54, 1.807) is 0 Å². The van der Waals surface area contributed by atoms with E-state index in [4.69, 9.17) is 0 Å². The highest BCUT2D eigenvalue weighted by Gasteiger charge is 2.31. The first kappa shape index (κ1) is 12.1. The van der Waals surface area contributed by atoms with Crippen molar-refractivity contribution < 1.29 is 18.7 Å². The molecule has 0 aromatic rings. The zero-order valence-corrected chi connectivity index (χ0v) is 8.71. The molecule has 0 aromatic heterocycles. The molecule has 0 heterocycles. The third-order valence-electron chi connectivity index (χ3n) is 1.69. The third kappa shape index (κ3) is 3.23. The average Bonchev–Trinajstić information content (AvgIpc) is 2.12. The fourth-order valence-electron chi connectivity index (χ4n) is 0.863. The maximum atomic E-state index is 11.5. The first-order valence-electron chi connectivity index (χ1n) is 4.00. The molecule has 0 bridgehead atoms.